The number of aliphatic hydroxyl groups is 1. The van der Waals surface area contributed by atoms with E-state index in [9.17, 15) is 19.5 Å². The van der Waals surface area contributed by atoms with Gasteiger partial charge in [0.05, 0.1) is 36.1 Å². The van der Waals surface area contributed by atoms with Crippen LogP contribution in [-0.4, -0.2) is 90.8 Å². The molecular weight excluding hydrogens is 536 g/mol. The summed E-state index contributed by atoms with van der Waals surface area (Å²) in [4.78, 5) is 47.9. The average molecular weight is 571 g/mol. The molecule has 1 aliphatic carbocycles. The standard InChI is InChI=1S/C32H34N4O6/c1-35-12-10-20(11-13-35)36-31(39)22-14-19-15-26(34-25(19)16-23(22)32(36)40)30-24(6-5-7-27(30)38)33-17-21(37)18-42-29-9-4-3-8-28(29)41-2/h3-6,8-9,14,16,20-21,34,37H,7,10-13,15,17-18H2,1-2H3. The minimum Gasteiger partial charge on any atom is -0.493 e. The molecule has 2 N–H and O–H groups in total. The van der Waals surface area contributed by atoms with E-state index < -0.39 is 6.10 Å². The third kappa shape index (κ3) is 5.23. The Morgan fingerprint density at radius 2 is 1.79 bits per heavy atom. The Morgan fingerprint density at radius 1 is 1.07 bits per heavy atom. The highest BCUT2D eigenvalue weighted by Crippen LogP contribution is 2.38. The van der Waals surface area contributed by atoms with E-state index in [1.54, 1.807) is 43.5 Å². The molecule has 3 aliphatic heterocycles. The smallest absolute Gasteiger partial charge is 0.261 e. The van der Waals surface area contributed by atoms with Crippen LogP contribution >= 0.6 is 0 Å². The van der Waals surface area contributed by atoms with Crippen LogP contribution in [0.3, 0.4) is 0 Å². The number of carbonyl (C=O) groups is 3. The number of imide groups is 1. The van der Waals surface area contributed by atoms with Crippen LogP contribution in [-0.2, 0) is 11.2 Å². The SMILES string of the molecule is COc1ccccc1OCC(O)CN=C1C=CCC(=O)C1=C1Cc2cc3c(cc2N1)C(=O)N(C1CCN(C)CC1)C3=O. The number of benzene rings is 2. The summed E-state index contributed by atoms with van der Waals surface area (Å²) in [6.07, 6.45) is 4.84. The van der Waals surface area contributed by atoms with Crippen molar-refractivity contribution < 1.29 is 29.0 Å². The fraction of sp³-hybridized carbons (Fsp3) is 0.375. The second kappa shape index (κ2) is 11.5. The second-order valence-corrected chi connectivity index (χ2v) is 11.1. The molecule has 0 spiro atoms. The number of nitrogens with zero attached hydrogens (tertiary/aromatic N) is 3. The van der Waals surface area contributed by atoms with E-state index in [1.165, 1.54) is 4.90 Å². The lowest BCUT2D eigenvalue weighted by Gasteiger charge is -2.33. The molecule has 0 radical (unpaired) electrons. The van der Waals surface area contributed by atoms with Gasteiger partial charge in [0.1, 0.15) is 12.7 Å². The molecule has 10 nitrogen and oxygen atoms in total. The lowest BCUT2D eigenvalue weighted by molar-refractivity contribution is -0.114. The number of likely N-dealkylation sites (tertiary alicyclic amines) is 1. The zero-order valence-corrected chi connectivity index (χ0v) is 23.8. The van der Waals surface area contributed by atoms with Gasteiger partial charge >= 0.3 is 0 Å². The monoisotopic (exact) mass is 570 g/mol. The van der Waals surface area contributed by atoms with E-state index >= 15 is 0 Å². The van der Waals surface area contributed by atoms with Gasteiger partial charge < -0.3 is 24.8 Å². The van der Waals surface area contributed by atoms with Gasteiger partial charge in [-0.15, -0.1) is 0 Å². The number of aliphatic imine (C=N–C) groups is 1. The number of hydrogen-bond donors (Lipinski definition) is 2. The van der Waals surface area contributed by atoms with Gasteiger partial charge in [0.2, 0.25) is 0 Å². The van der Waals surface area contributed by atoms with Gasteiger partial charge in [-0.1, -0.05) is 18.2 Å². The lowest BCUT2D eigenvalue weighted by atomic mass is 9.94. The first-order valence-corrected chi connectivity index (χ1v) is 14.3. The normalized spacial score (nSPS) is 22.4. The number of nitrogens with one attached hydrogen (secondary N) is 1. The van der Waals surface area contributed by atoms with Gasteiger partial charge in [0.25, 0.3) is 11.8 Å². The van der Waals surface area contributed by atoms with Crippen molar-refractivity contribution in [2.45, 2.75) is 37.8 Å². The number of amides is 2. The Hall–Kier alpha value is -4.28. The van der Waals surface area contributed by atoms with Gasteiger partial charge in [0, 0.05) is 30.3 Å². The minimum absolute atomic E-state index is 0.00654. The molecule has 1 atom stereocenters. The largest absolute Gasteiger partial charge is 0.493 e. The van der Waals surface area contributed by atoms with E-state index in [1.807, 2.05) is 19.2 Å². The Kier molecular flexibility index (Phi) is 7.66. The Balaban J connectivity index is 1.18. The third-order valence-corrected chi connectivity index (χ3v) is 8.24. The van der Waals surface area contributed by atoms with Gasteiger partial charge in [-0.2, -0.15) is 0 Å². The summed E-state index contributed by atoms with van der Waals surface area (Å²) in [6, 6.07) is 10.6. The topological polar surface area (TPSA) is 121 Å². The van der Waals surface area contributed by atoms with Crippen LogP contribution in [0, 0.1) is 0 Å². The fourth-order valence-electron chi connectivity index (χ4n) is 5.99. The number of fused-ring (bicyclic) bond motifs is 2. The highest BCUT2D eigenvalue weighted by Gasteiger charge is 2.42. The summed E-state index contributed by atoms with van der Waals surface area (Å²) in [5.74, 6) is 0.516. The van der Waals surface area contributed by atoms with Crippen LogP contribution in [0.5, 0.6) is 11.5 Å². The molecule has 0 saturated carbocycles. The maximum atomic E-state index is 13.3. The number of para-hydroxylation sites is 2. The van der Waals surface area contributed by atoms with Gasteiger partial charge in [-0.05, 0) is 68.9 Å². The molecule has 0 bridgehead atoms. The van der Waals surface area contributed by atoms with E-state index in [0.29, 0.717) is 46.0 Å². The van der Waals surface area contributed by atoms with Crippen molar-refractivity contribution in [1.82, 2.24) is 9.80 Å². The predicted octanol–water partition coefficient (Wildman–Crippen LogP) is 3.02. The van der Waals surface area contributed by atoms with E-state index in [2.05, 4.69) is 15.2 Å². The number of methoxy groups -OCH3 is 1. The maximum Gasteiger partial charge on any atom is 0.261 e. The molecule has 4 aliphatic rings. The Labute approximate surface area is 244 Å². The van der Waals surface area contributed by atoms with Crippen molar-refractivity contribution in [2.24, 2.45) is 4.99 Å². The van der Waals surface area contributed by atoms with Gasteiger partial charge in [0.15, 0.2) is 17.3 Å². The number of Topliss-reactive ketones (excluding diaryl/α,β-unsaturated/α-hetero) is 1. The van der Waals surface area contributed by atoms with Crippen LogP contribution < -0.4 is 14.8 Å². The maximum absolute atomic E-state index is 13.3. The fourth-order valence-corrected chi connectivity index (χ4v) is 5.99. The lowest BCUT2D eigenvalue weighted by Crippen LogP contribution is -2.46. The summed E-state index contributed by atoms with van der Waals surface area (Å²) >= 11 is 0. The second-order valence-electron chi connectivity index (χ2n) is 11.1. The number of hydrogen-bond acceptors (Lipinski definition) is 9. The summed E-state index contributed by atoms with van der Waals surface area (Å²) < 4.78 is 11.0. The van der Waals surface area contributed by atoms with Crippen molar-refractivity contribution in [2.75, 3.05) is 45.7 Å². The molecule has 2 amide bonds. The minimum atomic E-state index is -0.902. The van der Waals surface area contributed by atoms with E-state index in [-0.39, 0.29) is 43.2 Å². The summed E-state index contributed by atoms with van der Waals surface area (Å²) in [6.45, 7) is 1.75. The van der Waals surface area contributed by atoms with Crippen molar-refractivity contribution >= 4 is 29.0 Å². The molecule has 1 saturated heterocycles. The van der Waals surface area contributed by atoms with E-state index in [4.69, 9.17) is 9.47 Å². The molecule has 0 aromatic heterocycles. The summed E-state index contributed by atoms with van der Waals surface area (Å²) in [5.41, 5.74) is 4.01. The first kappa shape index (κ1) is 27.9. The third-order valence-electron chi connectivity index (χ3n) is 8.24. The number of allylic oxidation sites excluding steroid dienone is 4. The number of ketones is 1. The molecule has 3 heterocycles. The number of aliphatic hydroxyl groups excluding tert-OH is 1. The van der Waals surface area contributed by atoms with Crippen LogP contribution in [0.15, 0.2) is 64.8 Å². The number of carbonyl (C=O) groups excluding carboxylic acids is 3. The Bertz CT molecular complexity index is 1490. The quantitative estimate of drug-likeness (QED) is 0.385. The molecular formula is C32H34N4O6. The zero-order valence-electron chi connectivity index (χ0n) is 23.8. The van der Waals surface area contributed by atoms with Crippen LogP contribution in [0.1, 0.15) is 45.5 Å². The van der Waals surface area contributed by atoms with Crippen molar-refractivity contribution in [1.29, 1.82) is 0 Å². The molecule has 10 heteroatoms. The zero-order chi connectivity index (χ0) is 29.4. The van der Waals surface area contributed by atoms with Gasteiger partial charge in [-0.25, -0.2) is 0 Å². The van der Waals surface area contributed by atoms with Crippen molar-refractivity contribution in [3.8, 4) is 11.5 Å². The average Bonchev–Trinajstić information content (AvgIpc) is 3.51. The number of rotatable bonds is 7. The molecule has 2 aromatic carbocycles. The Morgan fingerprint density at radius 3 is 2.52 bits per heavy atom. The molecule has 6 rings (SSSR count). The number of ether oxygens (including phenoxy) is 2. The molecule has 42 heavy (non-hydrogen) atoms. The number of anilines is 1. The summed E-state index contributed by atoms with van der Waals surface area (Å²) in [7, 11) is 3.60. The van der Waals surface area contributed by atoms with Gasteiger partial charge in [-0.3, -0.25) is 24.3 Å². The molecule has 218 valence electrons. The molecule has 1 unspecified atom stereocenters. The van der Waals surface area contributed by atoms with Crippen LogP contribution in [0.4, 0.5) is 5.69 Å². The van der Waals surface area contributed by atoms with Crippen LogP contribution in [0.25, 0.3) is 0 Å². The van der Waals surface area contributed by atoms with E-state index in [0.717, 1.165) is 37.2 Å². The highest BCUT2D eigenvalue weighted by atomic mass is 16.5. The van der Waals surface area contributed by atoms with Crippen LogP contribution in [0.2, 0.25) is 0 Å². The van der Waals surface area contributed by atoms with Crippen molar-refractivity contribution in [3.05, 3.63) is 76.5 Å². The predicted molar refractivity (Wildman–Crippen MR) is 157 cm³/mol. The number of piperidine rings is 1. The highest BCUT2D eigenvalue weighted by molar-refractivity contribution is 6.29. The molecule has 1 fully saturated rings. The summed E-state index contributed by atoms with van der Waals surface area (Å²) in [5, 5.41) is 13.9. The molecule has 2 aromatic rings. The van der Waals surface area contributed by atoms with Crippen molar-refractivity contribution in [3.63, 3.8) is 0 Å². The first-order chi connectivity index (χ1) is 20.3. The first-order valence-electron chi connectivity index (χ1n) is 14.3.